The first-order valence-corrected chi connectivity index (χ1v) is 7.32. The van der Waals surface area contributed by atoms with Gasteiger partial charge in [0.05, 0.1) is 11.4 Å². The van der Waals surface area contributed by atoms with E-state index in [1.165, 1.54) is 11.3 Å². The molecule has 0 atom stereocenters. The molecule has 0 fully saturated rings. The van der Waals surface area contributed by atoms with Gasteiger partial charge in [0.2, 0.25) is 0 Å². The lowest BCUT2D eigenvalue weighted by atomic mass is 9.84. The molecule has 0 saturated carbocycles. The van der Waals surface area contributed by atoms with E-state index in [-0.39, 0.29) is 5.41 Å². The molecule has 0 unspecified atom stereocenters. The molecule has 0 bridgehead atoms. The molecule has 0 aliphatic rings. The summed E-state index contributed by atoms with van der Waals surface area (Å²) in [4.78, 5) is 0. The van der Waals surface area contributed by atoms with E-state index in [1.807, 2.05) is 6.92 Å². The van der Waals surface area contributed by atoms with Crippen molar-refractivity contribution in [2.24, 2.45) is 0 Å². The molecule has 1 N–H and O–H groups in total. The number of rotatable bonds is 6. The molecule has 1 aromatic heterocycles. The van der Waals surface area contributed by atoms with Crippen molar-refractivity contribution in [1.29, 1.82) is 0 Å². The van der Waals surface area contributed by atoms with Gasteiger partial charge in [-0.15, -0.1) is 0 Å². The summed E-state index contributed by atoms with van der Waals surface area (Å²) in [6.45, 7) is 11.5. The van der Waals surface area contributed by atoms with Crippen LogP contribution in [0.15, 0.2) is 36.4 Å². The molecule has 0 radical (unpaired) electrons. The first-order valence-electron chi connectivity index (χ1n) is 7.32. The third-order valence-corrected chi connectivity index (χ3v) is 3.71. The molecule has 108 valence electrons. The first-order chi connectivity index (χ1) is 9.53. The average molecular weight is 271 g/mol. The molecule has 20 heavy (non-hydrogen) atoms. The second-order valence-electron chi connectivity index (χ2n) is 5.95. The lowest BCUT2D eigenvalue weighted by Gasteiger charge is -2.25. The zero-order chi connectivity index (χ0) is 14.6. The predicted molar refractivity (Wildman–Crippen MR) is 83.8 cm³/mol. The SMILES string of the molecule is CCn1nc(C)cc1CNCC(C)(C)c1ccccc1. The Labute approximate surface area is 122 Å². The Kier molecular flexibility index (Phi) is 4.61. The molecular formula is C17H25N3. The van der Waals surface area contributed by atoms with Crippen LogP contribution in [0.3, 0.4) is 0 Å². The summed E-state index contributed by atoms with van der Waals surface area (Å²) in [6, 6.07) is 12.8. The highest BCUT2D eigenvalue weighted by Gasteiger charge is 2.19. The number of hydrogen-bond acceptors (Lipinski definition) is 2. The van der Waals surface area contributed by atoms with Crippen molar-refractivity contribution < 1.29 is 0 Å². The maximum Gasteiger partial charge on any atom is 0.0597 e. The van der Waals surface area contributed by atoms with E-state index >= 15 is 0 Å². The van der Waals surface area contributed by atoms with E-state index in [1.54, 1.807) is 0 Å². The first kappa shape index (κ1) is 14.8. The van der Waals surface area contributed by atoms with Gasteiger partial charge in [0, 0.05) is 25.0 Å². The quantitative estimate of drug-likeness (QED) is 0.874. The van der Waals surface area contributed by atoms with Crippen LogP contribution >= 0.6 is 0 Å². The fraction of sp³-hybridized carbons (Fsp3) is 0.471. The normalized spacial score (nSPS) is 11.8. The Bertz CT molecular complexity index is 541. The third-order valence-electron chi connectivity index (χ3n) is 3.71. The molecule has 0 amide bonds. The molecule has 0 aliphatic heterocycles. The maximum atomic E-state index is 4.48. The van der Waals surface area contributed by atoms with Crippen LogP contribution in [0.25, 0.3) is 0 Å². The summed E-state index contributed by atoms with van der Waals surface area (Å²) in [5, 5.41) is 8.05. The van der Waals surface area contributed by atoms with Crippen molar-refractivity contribution >= 4 is 0 Å². The van der Waals surface area contributed by atoms with Crippen molar-refractivity contribution in [3.8, 4) is 0 Å². The third kappa shape index (κ3) is 3.48. The molecule has 3 heteroatoms. The van der Waals surface area contributed by atoms with Crippen LogP contribution in [0, 0.1) is 6.92 Å². The van der Waals surface area contributed by atoms with Gasteiger partial charge in [-0.05, 0) is 25.5 Å². The van der Waals surface area contributed by atoms with Gasteiger partial charge in [-0.1, -0.05) is 44.2 Å². The largest absolute Gasteiger partial charge is 0.310 e. The average Bonchev–Trinajstić information content (AvgIpc) is 2.80. The van der Waals surface area contributed by atoms with E-state index in [4.69, 9.17) is 0 Å². The van der Waals surface area contributed by atoms with Crippen LogP contribution in [0.1, 0.15) is 37.7 Å². The van der Waals surface area contributed by atoms with Gasteiger partial charge in [-0.3, -0.25) is 4.68 Å². The summed E-state index contributed by atoms with van der Waals surface area (Å²) < 4.78 is 2.07. The van der Waals surface area contributed by atoms with E-state index in [2.05, 4.69) is 72.3 Å². The molecular weight excluding hydrogens is 246 g/mol. The van der Waals surface area contributed by atoms with Gasteiger partial charge >= 0.3 is 0 Å². The standard InChI is InChI=1S/C17H25N3/c1-5-20-16(11-14(2)19-20)12-18-13-17(3,4)15-9-7-6-8-10-15/h6-11,18H,5,12-13H2,1-4H3. The van der Waals surface area contributed by atoms with Crippen molar-refractivity contribution in [2.75, 3.05) is 6.54 Å². The van der Waals surface area contributed by atoms with Crippen LogP contribution < -0.4 is 5.32 Å². The molecule has 1 aromatic carbocycles. The van der Waals surface area contributed by atoms with Gasteiger partial charge < -0.3 is 5.32 Å². The highest BCUT2D eigenvalue weighted by Crippen LogP contribution is 2.21. The molecule has 2 aromatic rings. The smallest absolute Gasteiger partial charge is 0.0597 e. The Morgan fingerprint density at radius 1 is 1.20 bits per heavy atom. The van der Waals surface area contributed by atoms with Crippen LogP contribution in [0.2, 0.25) is 0 Å². The van der Waals surface area contributed by atoms with Crippen LogP contribution in [-0.4, -0.2) is 16.3 Å². The molecule has 1 heterocycles. The van der Waals surface area contributed by atoms with Crippen LogP contribution in [0.5, 0.6) is 0 Å². The van der Waals surface area contributed by atoms with Crippen LogP contribution in [0.4, 0.5) is 0 Å². The fourth-order valence-corrected chi connectivity index (χ4v) is 2.51. The summed E-state index contributed by atoms with van der Waals surface area (Å²) in [7, 11) is 0. The minimum absolute atomic E-state index is 0.132. The Balaban J connectivity index is 1.95. The lowest BCUT2D eigenvalue weighted by molar-refractivity contribution is 0.459. The molecule has 2 rings (SSSR count). The van der Waals surface area contributed by atoms with E-state index in [9.17, 15) is 0 Å². The minimum atomic E-state index is 0.132. The van der Waals surface area contributed by atoms with Crippen molar-refractivity contribution in [2.45, 2.75) is 46.2 Å². The predicted octanol–water partition coefficient (Wildman–Crippen LogP) is 3.28. The maximum absolute atomic E-state index is 4.48. The van der Waals surface area contributed by atoms with Crippen molar-refractivity contribution in [3.05, 3.63) is 53.3 Å². The second-order valence-corrected chi connectivity index (χ2v) is 5.95. The zero-order valence-electron chi connectivity index (χ0n) is 13.0. The molecule has 0 spiro atoms. The number of aryl methyl sites for hydroxylation is 2. The van der Waals surface area contributed by atoms with E-state index in [0.717, 1.165) is 25.3 Å². The molecule has 0 aliphatic carbocycles. The van der Waals surface area contributed by atoms with Crippen molar-refractivity contribution in [1.82, 2.24) is 15.1 Å². The summed E-state index contributed by atoms with van der Waals surface area (Å²) in [5.74, 6) is 0. The van der Waals surface area contributed by atoms with Gasteiger partial charge in [-0.2, -0.15) is 5.10 Å². The number of hydrogen-bond donors (Lipinski definition) is 1. The Morgan fingerprint density at radius 3 is 2.55 bits per heavy atom. The highest BCUT2D eigenvalue weighted by molar-refractivity contribution is 5.24. The van der Waals surface area contributed by atoms with E-state index < -0.39 is 0 Å². The van der Waals surface area contributed by atoms with Gasteiger partial charge in [0.15, 0.2) is 0 Å². The van der Waals surface area contributed by atoms with Gasteiger partial charge in [0.1, 0.15) is 0 Å². The number of aromatic nitrogens is 2. The highest BCUT2D eigenvalue weighted by atomic mass is 15.3. The fourth-order valence-electron chi connectivity index (χ4n) is 2.51. The minimum Gasteiger partial charge on any atom is -0.310 e. The van der Waals surface area contributed by atoms with Crippen LogP contribution in [-0.2, 0) is 18.5 Å². The second kappa shape index (κ2) is 6.23. The van der Waals surface area contributed by atoms with Gasteiger partial charge in [0.25, 0.3) is 0 Å². The van der Waals surface area contributed by atoms with E-state index in [0.29, 0.717) is 0 Å². The summed E-state index contributed by atoms with van der Waals surface area (Å²) >= 11 is 0. The molecule has 3 nitrogen and oxygen atoms in total. The Morgan fingerprint density at radius 2 is 1.90 bits per heavy atom. The topological polar surface area (TPSA) is 29.9 Å². The molecule has 0 saturated heterocycles. The van der Waals surface area contributed by atoms with Gasteiger partial charge in [-0.25, -0.2) is 0 Å². The lowest BCUT2D eigenvalue weighted by Crippen LogP contribution is -2.33. The number of benzene rings is 1. The Hall–Kier alpha value is -1.61. The summed E-state index contributed by atoms with van der Waals surface area (Å²) in [5.41, 5.74) is 3.85. The number of nitrogens with one attached hydrogen (secondary N) is 1. The summed E-state index contributed by atoms with van der Waals surface area (Å²) in [6.07, 6.45) is 0. The number of nitrogens with zero attached hydrogens (tertiary/aromatic N) is 2. The zero-order valence-corrected chi connectivity index (χ0v) is 13.0. The monoisotopic (exact) mass is 271 g/mol. The van der Waals surface area contributed by atoms with Crippen molar-refractivity contribution in [3.63, 3.8) is 0 Å².